The van der Waals surface area contributed by atoms with Crippen LogP contribution in [0.1, 0.15) is 34.7 Å². The molecule has 0 saturated heterocycles. The van der Waals surface area contributed by atoms with Gasteiger partial charge >= 0.3 is 0 Å². The normalized spacial score (nSPS) is 22.6. The van der Waals surface area contributed by atoms with E-state index in [2.05, 4.69) is 5.32 Å². The Hall–Kier alpha value is -1.02. The van der Waals surface area contributed by atoms with Gasteiger partial charge in [0.25, 0.3) is 11.8 Å². The summed E-state index contributed by atoms with van der Waals surface area (Å²) in [5.74, 6) is -5.22. The smallest absolute Gasteiger partial charge is 0.255 e. The molecular formula is C22H16Cl6F2N2O2. The number of nitrogens with one attached hydrogen (secondary N) is 1. The van der Waals surface area contributed by atoms with Gasteiger partial charge in [-0.05, 0) is 35.9 Å². The molecule has 0 aliphatic heterocycles. The molecule has 12 heteroatoms. The molecule has 0 bridgehead atoms. The predicted molar refractivity (Wildman–Crippen MR) is 132 cm³/mol. The molecule has 2 aliphatic carbocycles. The summed E-state index contributed by atoms with van der Waals surface area (Å²) in [7, 11) is 1.44. The Morgan fingerprint density at radius 2 is 1.59 bits per heavy atom. The molecule has 2 aromatic carbocycles. The third kappa shape index (κ3) is 4.82. The fourth-order valence-electron chi connectivity index (χ4n) is 4.07. The number of nitrogens with zero attached hydrogens (tertiary/aromatic N) is 1. The average Bonchev–Trinajstić information content (AvgIpc) is 3.32. The molecule has 182 valence electrons. The highest BCUT2D eigenvalue weighted by atomic mass is 35.5. The maximum Gasteiger partial charge on any atom is 0.255 e. The molecule has 2 amide bonds. The van der Waals surface area contributed by atoms with Crippen LogP contribution in [0.25, 0.3) is 0 Å². The molecule has 2 fully saturated rings. The zero-order chi connectivity index (χ0) is 25.2. The highest BCUT2D eigenvalue weighted by Crippen LogP contribution is 2.65. The second kappa shape index (κ2) is 9.13. The van der Waals surface area contributed by atoms with Gasteiger partial charge < -0.3 is 10.2 Å². The molecule has 0 unspecified atom stereocenters. The van der Waals surface area contributed by atoms with Gasteiger partial charge in [0.2, 0.25) is 5.91 Å². The Kier molecular flexibility index (Phi) is 7.00. The number of carbonyl (C=O) groups excluding carboxylic acids is 2. The number of benzene rings is 2. The van der Waals surface area contributed by atoms with Crippen molar-refractivity contribution in [3.05, 3.63) is 61.5 Å². The molecule has 4 nitrogen and oxygen atoms in total. The van der Waals surface area contributed by atoms with Gasteiger partial charge in [-0.15, -0.1) is 23.2 Å². The minimum atomic E-state index is -2.77. The van der Waals surface area contributed by atoms with Crippen LogP contribution in [-0.2, 0) is 4.79 Å². The molecule has 34 heavy (non-hydrogen) atoms. The monoisotopic (exact) mass is 588 g/mol. The lowest BCUT2D eigenvalue weighted by molar-refractivity contribution is -0.117. The van der Waals surface area contributed by atoms with Gasteiger partial charge in [-0.1, -0.05) is 46.4 Å². The largest absolute Gasteiger partial charge is 0.338 e. The van der Waals surface area contributed by atoms with Gasteiger partial charge in [0.05, 0.1) is 31.6 Å². The molecule has 1 N–H and O–H groups in total. The lowest BCUT2D eigenvalue weighted by Crippen LogP contribution is -2.51. The topological polar surface area (TPSA) is 49.4 Å². The van der Waals surface area contributed by atoms with Crippen molar-refractivity contribution in [3.63, 3.8) is 0 Å². The zero-order valence-corrected chi connectivity index (χ0v) is 21.9. The van der Waals surface area contributed by atoms with Gasteiger partial charge in [0, 0.05) is 37.5 Å². The summed E-state index contributed by atoms with van der Waals surface area (Å²) in [6.07, 6.45) is -0.808. The van der Waals surface area contributed by atoms with Crippen LogP contribution in [0.4, 0.5) is 14.5 Å². The molecule has 2 atom stereocenters. The fourth-order valence-corrected chi connectivity index (χ4v) is 5.71. The van der Waals surface area contributed by atoms with Crippen LogP contribution in [0.2, 0.25) is 20.1 Å². The standard InChI is InChI=1S/C22H16Cl6F2N2O2/c1-32(11-7-21(29,30)8-11)20(34)12-6-10(2-3-13(12)23)31-19(33)17-16(22(17,27)28)9-4-14(24)18(26)15(25)5-9/h2-6,11,16-17H,7-8H2,1H3,(H,31,33)/t16-,17+/m1/s1. The average molecular weight is 591 g/mol. The lowest BCUT2D eigenvalue weighted by Gasteiger charge is -2.40. The van der Waals surface area contributed by atoms with Crippen molar-refractivity contribution in [2.24, 2.45) is 5.92 Å². The summed E-state index contributed by atoms with van der Waals surface area (Å²) in [4.78, 5) is 27.0. The maximum atomic E-state index is 13.2. The van der Waals surface area contributed by atoms with E-state index in [-0.39, 0.29) is 31.3 Å². The van der Waals surface area contributed by atoms with Crippen LogP contribution in [0.5, 0.6) is 0 Å². The highest BCUT2D eigenvalue weighted by Gasteiger charge is 2.67. The van der Waals surface area contributed by atoms with Gasteiger partial charge in [-0.3, -0.25) is 9.59 Å². The van der Waals surface area contributed by atoms with E-state index < -0.39 is 52.8 Å². The third-order valence-corrected chi connectivity index (χ3v) is 8.57. The Bertz CT molecular complexity index is 1160. The molecule has 0 aromatic heterocycles. The van der Waals surface area contributed by atoms with E-state index in [9.17, 15) is 18.4 Å². The van der Waals surface area contributed by atoms with E-state index in [4.69, 9.17) is 69.6 Å². The predicted octanol–water partition coefficient (Wildman–Crippen LogP) is 7.70. The first-order chi connectivity index (χ1) is 15.7. The lowest BCUT2D eigenvalue weighted by atomic mass is 9.87. The summed E-state index contributed by atoms with van der Waals surface area (Å²) in [6.45, 7) is 0. The Labute approximate surface area is 224 Å². The molecule has 0 heterocycles. The number of halogens is 8. The summed E-state index contributed by atoms with van der Waals surface area (Å²) in [6, 6.07) is 6.83. The minimum Gasteiger partial charge on any atom is -0.338 e. The second-order valence-corrected chi connectivity index (χ2v) is 11.5. The second-order valence-electron chi connectivity index (χ2n) is 8.45. The van der Waals surface area contributed by atoms with E-state index in [0.717, 1.165) is 0 Å². The van der Waals surface area contributed by atoms with Crippen LogP contribution in [0.3, 0.4) is 0 Å². The Morgan fingerprint density at radius 1 is 1.00 bits per heavy atom. The first-order valence-corrected chi connectivity index (χ1v) is 12.3. The van der Waals surface area contributed by atoms with Crippen molar-refractivity contribution in [1.82, 2.24) is 4.90 Å². The van der Waals surface area contributed by atoms with Crippen molar-refractivity contribution in [2.75, 3.05) is 12.4 Å². The number of alkyl halides is 4. The van der Waals surface area contributed by atoms with Crippen molar-refractivity contribution < 1.29 is 18.4 Å². The molecule has 2 aromatic rings. The number of hydrogen-bond acceptors (Lipinski definition) is 2. The highest BCUT2D eigenvalue weighted by molar-refractivity contribution is 6.54. The zero-order valence-electron chi connectivity index (χ0n) is 17.3. The summed E-state index contributed by atoms with van der Waals surface area (Å²) in [5.41, 5.74) is 0.895. The number of carbonyl (C=O) groups is 2. The molecule has 2 aliphatic rings. The van der Waals surface area contributed by atoms with E-state index in [1.165, 1.54) is 30.1 Å². The Morgan fingerprint density at radius 3 is 2.15 bits per heavy atom. The maximum absolute atomic E-state index is 13.2. The SMILES string of the molecule is CN(C(=O)c1cc(NC(=O)[C@@H]2[C@@H](c3cc(Cl)c(Cl)c(Cl)c3)C2(Cl)Cl)ccc1Cl)C1CC(F)(F)C1. The van der Waals surface area contributed by atoms with Crippen molar-refractivity contribution in [3.8, 4) is 0 Å². The third-order valence-electron chi connectivity index (χ3n) is 6.10. The summed E-state index contributed by atoms with van der Waals surface area (Å²) < 4.78 is 25.0. The van der Waals surface area contributed by atoms with Gasteiger partial charge in [-0.25, -0.2) is 8.78 Å². The van der Waals surface area contributed by atoms with E-state index in [0.29, 0.717) is 5.56 Å². The van der Waals surface area contributed by atoms with Crippen LogP contribution >= 0.6 is 69.6 Å². The summed E-state index contributed by atoms with van der Waals surface area (Å²) >= 11 is 37.1. The quantitative estimate of drug-likeness (QED) is 0.287. The molecule has 0 spiro atoms. The van der Waals surface area contributed by atoms with Crippen molar-refractivity contribution >= 4 is 87.1 Å². The van der Waals surface area contributed by atoms with Crippen LogP contribution in [-0.4, -0.2) is 40.1 Å². The minimum absolute atomic E-state index is 0.0730. The first kappa shape index (κ1) is 26.1. The van der Waals surface area contributed by atoms with E-state index >= 15 is 0 Å². The van der Waals surface area contributed by atoms with Crippen molar-refractivity contribution in [1.29, 1.82) is 0 Å². The molecular weight excluding hydrogens is 575 g/mol. The molecule has 0 radical (unpaired) electrons. The van der Waals surface area contributed by atoms with Crippen LogP contribution in [0, 0.1) is 5.92 Å². The van der Waals surface area contributed by atoms with Crippen LogP contribution in [0.15, 0.2) is 30.3 Å². The van der Waals surface area contributed by atoms with Crippen molar-refractivity contribution in [2.45, 2.75) is 35.1 Å². The molecule has 2 saturated carbocycles. The van der Waals surface area contributed by atoms with Gasteiger partial charge in [-0.2, -0.15) is 0 Å². The van der Waals surface area contributed by atoms with E-state index in [1.807, 2.05) is 0 Å². The van der Waals surface area contributed by atoms with Crippen LogP contribution < -0.4 is 5.32 Å². The number of anilines is 1. The Balaban J connectivity index is 1.50. The van der Waals surface area contributed by atoms with Gasteiger partial charge in [0.1, 0.15) is 4.33 Å². The first-order valence-electron chi connectivity index (χ1n) is 10.0. The van der Waals surface area contributed by atoms with E-state index in [1.54, 1.807) is 12.1 Å². The van der Waals surface area contributed by atoms with Gasteiger partial charge in [0.15, 0.2) is 0 Å². The fraction of sp³-hybridized carbons (Fsp3) is 0.364. The number of hydrogen-bond donors (Lipinski definition) is 1. The number of amides is 2. The molecule has 4 rings (SSSR count). The summed E-state index contributed by atoms with van der Waals surface area (Å²) in [5, 5.41) is 3.39. The number of rotatable bonds is 5.